The number of nitro benzene ring substituents is 1. The Kier molecular flexibility index (Phi) is 7.01. The largest absolute Gasteiger partial charge is 0.309 e. The fraction of sp³-hybridized carbons (Fsp3) is 0.308. The molecule has 0 saturated carbocycles. The number of aromatic nitrogens is 3. The lowest BCUT2D eigenvalue weighted by Crippen LogP contribution is -2.19. The number of amides is 1. The van der Waals surface area contributed by atoms with Crippen LogP contribution in [-0.4, -0.2) is 25.4 Å². The zero-order chi connectivity index (χ0) is 24.9. The highest BCUT2D eigenvalue weighted by Crippen LogP contribution is 2.32. The van der Waals surface area contributed by atoms with Gasteiger partial charge in [0.15, 0.2) is 5.65 Å². The van der Waals surface area contributed by atoms with E-state index in [2.05, 4.69) is 25.2 Å². The summed E-state index contributed by atoms with van der Waals surface area (Å²) in [6.45, 7) is 4.83. The first kappa shape index (κ1) is 23.8. The van der Waals surface area contributed by atoms with Crippen LogP contribution in [0, 0.1) is 27.4 Å². The number of hydrogen-bond acceptors (Lipinski definition) is 6. The Morgan fingerprint density at radius 3 is 2.57 bits per heavy atom. The first-order valence-corrected chi connectivity index (χ1v) is 11.7. The van der Waals surface area contributed by atoms with Crippen LogP contribution in [0.15, 0.2) is 48.5 Å². The maximum Gasteiger partial charge on any atom is 0.270 e. The van der Waals surface area contributed by atoms with Gasteiger partial charge in [0.05, 0.1) is 16.0 Å². The van der Waals surface area contributed by atoms with Crippen LogP contribution in [0.3, 0.4) is 0 Å². The molecule has 2 heterocycles. The summed E-state index contributed by atoms with van der Waals surface area (Å²) < 4.78 is 1.87. The number of para-hydroxylation sites is 2. The van der Waals surface area contributed by atoms with Crippen molar-refractivity contribution in [2.75, 3.05) is 5.32 Å². The molecule has 4 aromatic rings. The number of nitro groups is 1. The van der Waals surface area contributed by atoms with Crippen molar-refractivity contribution in [1.29, 1.82) is 5.26 Å². The Balaban J connectivity index is 1.86. The lowest BCUT2D eigenvalue weighted by molar-refractivity contribution is -0.384. The highest BCUT2D eigenvalue weighted by molar-refractivity contribution is 6.07. The van der Waals surface area contributed by atoms with E-state index in [9.17, 15) is 20.2 Å². The van der Waals surface area contributed by atoms with Crippen molar-refractivity contribution in [1.82, 2.24) is 14.5 Å². The molecular formula is C26H26N6O3. The monoisotopic (exact) mass is 470 g/mol. The molecule has 1 atom stereocenters. The van der Waals surface area contributed by atoms with Gasteiger partial charge in [0.2, 0.25) is 0 Å². The lowest BCUT2D eigenvalue weighted by atomic mass is 9.99. The molecule has 1 amide bonds. The second kappa shape index (κ2) is 10.3. The number of nitrogens with zero attached hydrogens (tertiary/aromatic N) is 5. The Morgan fingerprint density at radius 2 is 1.91 bits per heavy atom. The van der Waals surface area contributed by atoms with Gasteiger partial charge in [-0.3, -0.25) is 14.9 Å². The van der Waals surface area contributed by atoms with Crippen molar-refractivity contribution in [3.8, 4) is 6.07 Å². The van der Waals surface area contributed by atoms with Gasteiger partial charge in [0.1, 0.15) is 23.0 Å². The summed E-state index contributed by atoms with van der Waals surface area (Å²) in [7, 11) is 0. The summed E-state index contributed by atoms with van der Waals surface area (Å²) in [4.78, 5) is 33.3. The molecule has 0 aliphatic heterocycles. The molecule has 0 aliphatic carbocycles. The molecule has 35 heavy (non-hydrogen) atoms. The number of nitrogens with one attached hydrogen (secondary N) is 1. The number of fused-ring (bicyclic) bond motifs is 2. The molecule has 0 aliphatic rings. The van der Waals surface area contributed by atoms with Crippen molar-refractivity contribution in [2.45, 2.75) is 46.1 Å². The molecule has 1 N–H and O–H groups in total. The van der Waals surface area contributed by atoms with Gasteiger partial charge in [-0.1, -0.05) is 51.3 Å². The van der Waals surface area contributed by atoms with Gasteiger partial charge in [0.25, 0.3) is 11.6 Å². The second-order valence-corrected chi connectivity index (χ2v) is 8.51. The third-order valence-electron chi connectivity index (χ3n) is 6.20. The number of carbonyl (C=O) groups excluding carboxylic acids is 1. The van der Waals surface area contributed by atoms with Gasteiger partial charge >= 0.3 is 0 Å². The van der Waals surface area contributed by atoms with E-state index in [0.29, 0.717) is 40.5 Å². The van der Waals surface area contributed by atoms with E-state index in [4.69, 9.17) is 9.97 Å². The Hall–Kier alpha value is -4.32. The number of benzene rings is 2. The second-order valence-electron chi connectivity index (χ2n) is 8.51. The maximum absolute atomic E-state index is 13.2. The van der Waals surface area contributed by atoms with Gasteiger partial charge in [0, 0.05) is 24.2 Å². The molecule has 2 aromatic heterocycles. The summed E-state index contributed by atoms with van der Waals surface area (Å²) in [6, 6.07) is 15.1. The molecule has 0 unspecified atom stereocenters. The number of non-ortho nitro benzene ring substituents is 1. The van der Waals surface area contributed by atoms with E-state index in [1.807, 2.05) is 28.8 Å². The summed E-state index contributed by atoms with van der Waals surface area (Å²) >= 11 is 0. The van der Waals surface area contributed by atoms with Crippen molar-refractivity contribution in [2.24, 2.45) is 5.92 Å². The minimum atomic E-state index is -0.548. The molecule has 9 nitrogen and oxygen atoms in total. The van der Waals surface area contributed by atoms with E-state index < -0.39 is 10.8 Å². The molecule has 0 saturated heterocycles. The predicted octanol–water partition coefficient (Wildman–Crippen LogP) is 5.83. The quantitative estimate of drug-likeness (QED) is 0.242. The third-order valence-corrected chi connectivity index (χ3v) is 6.20. The standard InChI is InChI=1S/C26H26N6O3/c1-3-5-9-17(4-2)16-31-24(30-26(33)18-10-8-11-19(14-18)32(34)35)20(15-27)23-25(31)29-22-13-7-6-12-21(22)28-23/h6-8,10-14,17H,3-5,9,16H2,1-2H3,(H,30,33)/t17-/m1/s1. The first-order valence-electron chi connectivity index (χ1n) is 11.7. The van der Waals surface area contributed by atoms with Gasteiger partial charge in [-0.05, 0) is 30.5 Å². The molecule has 178 valence electrons. The minimum Gasteiger partial charge on any atom is -0.309 e. The van der Waals surface area contributed by atoms with E-state index in [-0.39, 0.29) is 16.8 Å². The molecule has 9 heteroatoms. The van der Waals surface area contributed by atoms with E-state index in [0.717, 1.165) is 25.7 Å². The predicted molar refractivity (Wildman–Crippen MR) is 134 cm³/mol. The molecule has 0 fully saturated rings. The number of rotatable bonds is 9. The maximum atomic E-state index is 13.2. The van der Waals surface area contributed by atoms with Crippen LogP contribution >= 0.6 is 0 Å². The average molecular weight is 471 g/mol. The topological polar surface area (TPSA) is 127 Å². The summed E-state index contributed by atoms with van der Waals surface area (Å²) in [5, 5.41) is 24.1. The smallest absolute Gasteiger partial charge is 0.270 e. The third kappa shape index (κ3) is 4.82. The number of nitriles is 1. The van der Waals surface area contributed by atoms with Gasteiger partial charge in [-0.15, -0.1) is 0 Å². The zero-order valence-corrected chi connectivity index (χ0v) is 19.7. The number of carbonyl (C=O) groups is 1. The van der Waals surface area contributed by atoms with Crippen LogP contribution in [0.5, 0.6) is 0 Å². The van der Waals surface area contributed by atoms with E-state index in [1.54, 1.807) is 0 Å². The zero-order valence-electron chi connectivity index (χ0n) is 19.7. The van der Waals surface area contributed by atoms with Gasteiger partial charge in [-0.2, -0.15) is 5.26 Å². The van der Waals surface area contributed by atoms with Gasteiger partial charge < -0.3 is 9.88 Å². The highest BCUT2D eigenvalue weighted by Gasteiger charge is 2.24. The fourth-order valence-electron chi connectivity index (χ4n) is 4.23. The van der Waals surface area contributed by atoms with Crippen molar-refractivity contribution < 1.29 is 9.72 Å². The summed E-state index contributed by atoms with van der Waals surface area (Å²) in [5.41, 5.74) is 2.48. The van der Waals surface area contributed by atoms with Crippen LogP contribution in [-0.2, 0) is 6.54 Å². The molecule has 4 rings (SSSR count). The van der Waals surface area contributed by atoms with Gasteiger partial charge in [-0.25, -0.2) is 9.97 Å². The highest BCUT2D eigenvalue weighted by atomic mass is 16.6. The fourth-order valence-corrected chi connectivity index (χ4v) is 4.23. The average Bonchev–Trinajstić information content (AvgIpc) is 3.15. The summed E-state index contributed by atoms with van der Waals surface area (Å²) in [5.74, 6) is 0.0866. The molecule has 0 bridgehead atoms. The first-order chi connectivity index (χ1) is 17.0. The van der Waals surface area contributed by atoms with E-state index >= 15 is 0 Å². The van der Waals surface area contributed by atoms with Crippen molar-refractivity contribution >= 4 is 39.6 Å². The van der Waals surface area contributed by atoms with Crippen LogP contribution in [0.25, 0.3) is 22.2 Å². The normalized spacial score (nSPS) is 11.9. The Bertz CT molecular complexity index is 1450. The Labute approximate surface area is 202 Å². The number of hydrogen-bond donors (Lipinski definition) is 1. The van der Waals surface area contributed by atoms with Crippen molar-refractivity contribution in [3.05, 3.63) is 69.8 Å². The SMILES string of the molecule is CCCC[C@@H](CC)Cn1c(NC(=O)c2cccc([N+](=O)[O-])c2)c(C#N)c2nc3ccccc3nc21. The van der Waals surface area contributed by atoms with Crippen LogP contribution in [0.2, 0.25) is 0 Å². The lowest BCUT2D eigenvalue weighted by Gasteiger charge is -2.18. The molecular weight excluding hydrogens is 444 g/mol. The van der Waals surface area contributed by atoms with Crippen LogP contribution in [0.1, 0.15) is 55.5 Å². The molecule has 0 spiro atoms. The number of unbranched alkanes of at least 4 members (excludes halogenated alkanes) is 1. The Morgan fingerprint density at radius 1 is 1.17 bits per heavy atom. The molecule has 0 radical (unpaired) electrons. The van der Waals surface area contributed by atoms with Crippen LogP contribution < -0.4 is 5.32 Å². The summed E-state index contributed by atoms with van der Waals surface area (Å²) in [6.07, 6.45) is 4.09. The van der Waals surface area contributed by atoms with E-state index in [1.165, 1.54) is 24.3 Å². The van der Waals surface area contributed by atoms with Crippen LogP contribution in [0.4, 0.5) is 11.5 Å². The molecule has 2 aromatic carbocycles. The number of anilines is 1. The minimum absolute atomic E-state index is 0.129. The van der Waals surface area contributed by atoms with Crippen molar-refractivity contribution in [3.63, 3.8) is 0 Å².